The molecule has 0 spiro atoms. The second-order valence-electron chi connectivity index (χ2n) is 15.2. The minimum absolute atomic E-state index is 0.0305. The Bertz CT molecular complexity index is 1860. The monoisotopic (exact) mass is 762 g/mol. The van der Waals surface area contributed by atoms with E-state index in [0.29, 0.717) is 11.1 Å². The smallest absolute Gasteiger partial charge is 0.410 e. The molecule has 4 atom stereocenters. The van der Waals surface area contributed by atoms with Crippen molar-refractivity contribution in [1.29, 1.82) is 0 Å². The van der Waals surface area contributed by atoms with Crippen molar-refractivity contribution < 1.29 is 37.8 Å². The number of carbonyl (C=O) groups excluding carboxylic acids is 5. The molecule has 13 heteroatoms. The lowest BCUT2D eigenvalue weighted by Crippen LogP contribution is -2.63. The number of fused-ring (bicyclic) bond motifs is 1. The highest BCUT2D eigenvalue weighted by Gasteiger charge is 2.45. The average molecular weight is 763 g/mol. The first-order valence-electron chi connectivity index (χ1n) is 17.8. The molecule has 290 valence electrons. The van der Waals surface area contributed by atoms with Crippen molar-refractivity contribution in [3.63, 3.8) is 0 Å². The summed E-state index contributed by atoms with van der Waals surface area (Å²) in [6.45, 7) is 11.9. The van der Waals surface area contributed by atoms with Gasteiger partial charge >= 0.3 is 12.1 Å². The summed E-state index contributed by atoms with van der Waals surface area (Å²) in [5.41, 5.74) is 2.20. The van der Waals surface area contributed by atoms with E-state index in [4.69, 9.17) is 22.1 Å². The van der Waals surface area contributed by atoms with Crippen LogP contribution < -0.4 is 5.32 Å². The zero-order chi connectivity index (χ0) is 40.1. The van der Waals surface area contributed by atoms with Crippen LogP contribution in [0.1, 0.15) is 87.1 Å². The third-order valence-electron chi connectivity index (χ3n) is 9.53. The van der Waals surface area contributed by atoms with Gasteiger partial charge in [-0.25, -0.2) is 14.0 Å². The summed E-state index contributed by atoms with van der Waals surface area (Å²) < 4.78 is 24.4. The molecular formula is C41H51FN4O7S. The first kappa shape index (κ1) is 41.8. The number of likely N-dealkylation sites (N-methyl/N-ethyl adjacent to an activating group) is 1. The zero-order valence-corrected chi connectivity index (χ0v) is 33.3. The first-order valence-corrected chi connectivity index (χ1v) is 18.3. The highest BCUT2D eigenvalue weighted by atomic mass is 32.1. The minimum atomic E-state index is -1.23. The Hall–Kier alpha value is -4.91. The van der Waals surface area contributed by atoms with E-state index in [1.54, 1.807) is 84.0 Å². The fourth-order valence-corrected chi connectivity index (χ4v) is 6.43. The Labute approximate surface area is 322 Å². The molecule has 3 aromatic rings. The van der Waals surface area contributed by atoms with Crippen LogP contribution in [-0.2, 0) is 43.4 Å². The molecule has 0 aromatic heterocycles. The summed E-state index contributed by atoms with van der Waals surface area (Å²) in [5, 5.41) is 2.81. The number of carbonyl (C=O) groups is 5. The summed E-state index contributed by atoms with van der Waals surface area (Å²) in [4.78, 5) is 72.5. The van der Waals surface area contributed by atoms with Crippen molar-refractivity contribution in [2.24, 2.45) is 0 Å². The van der Waals surface area contributed by atoms with Crippen LogP contribution in [0, 0.1) is 5.82 Å². The van der Waals surface area contributed by atoms with Gasteiger partial charge in [-0.2, -0.15) is 12.6 Å². The van der Waals surface area contributed by atoms with Crippen molar-refractivity contribution in [3.05, 3.63) is 106 Å². The predicted molar refractivity (Wildman–Crippen MR) is 206 cm³/mol. The second kappa shape index (κ2) is 17.0. The molecule has 1 N–H and O–H groups in total. The molecule has 0 saturated heterocycles. The quantitative estimate of drug-likeness (QED) is 0.179. The van der Waals surface area contributed by atoms with E-state index in [1.807, 2.05) is 24.3 Å². The van der Waals surface area contributed by atoms with Crippen molar-refractivity contribution in [3.8, 4) is 0 Å². The number of hydrogen-bond donors (Lipinski definition) is 2. The maximum Gasteiger partial charge on any atom is 0.410 e. The molecule has 11 nitrogen and oxygen atoms in total. The highest BCUT2D eigenvalue weighted by Crippen LogP contribution is 2.32. The number of nitrogens with one attached hydrogen (secondary N) is 1. The molecule has 1 aliphatic heterocycles. The molecule has 0 radical (unpaired) electrons. The van der Waals surface area contributed by atoms with E-state index >= 15 is 9.18 Å². The van der Waals surface area contributed by atoms with Crippen molar-refractivity contribution in [2.45, 2.75) is 102 Å². The Kier molecular flexibility index (Phi) is 13.2. The van der Waals surface area contributed by atoms with Gasteiger partial charge in [-0.05, 0) is 83.4 Å². The minimum Gasteiger partial charge on any atom is -0.465 e. The summed E-state index contributed by atoms with van der Waals surface area (Å²) in [6.07, 6.45) is -0.547. The number of ether oxygens (including phenoxy) is 2. The molecule has 4 rings (SSSR count). The number of thiol groups is 1. The maximum absolute atomic E-state index is 15.3. The van der Waals surface area contributed by atoms with Crippen LogP contribution in [0.5, 0.6) is 0 Å². The van der Waals surface area contributed by atoms with E-state index in [2.05, 4.69) is 5.32 Å². The van der Waals surface area contributed by atoms with Gasteiger partial charge in [0.25, 0.3) is 0 Å². The van der Waals surface area contributed by atoms with Crippen molar-refractivity contribution in [1.82, 2.24) is 20.0 Å². The number of nitrogens with zero attached hydrogens (tertiary/aromatic N) is 3. The highest BCUT2D eigenvalue weighted by molar-refractivity contribution is 7.81. The van der Waals surface area contributed by atoms with Crippen LogP contribution in [-0.4, -0.2) is 87.1 Å². The molecule has 1 unspecified atom stereocenters. The van der Waals surface area contributed by atoms with E-state index < -0.39 is 70.1 Å². The van der Waals surface area contributed by atoms with E-state index in [9.17, 15) is 19.2 Å². The van der Waals surface area contributed by atoms with Gasteiger partial charge in [0.05, 0.1) is 18.7 Å². The number of esters is 1. The van der Waals surface area contributed by atoms with E-state index in [1.165, 1.54) is 36.9 Å². The fraction of sp³-hybridized carbons (Fsp3) is 0.439. The molecule has 54 heavy (non-hydrogen) atoms. The Morgan fingerprint density at radius 1 is 0.926 bits per heavy atom. The van der Waals surface area contributed by atoms with Crippen LogP contribution in [0.2, 0.25) is 0 Å². The fourth-order valence-electron chi connectivity index (χ4n) is 6.25. The molecule has 0 aliphatic carbocycles. The molecule has 0 bridgehead atoms. The van der Waals surface area contributed by atoms with Crippen LogP contribution in [0.15, 0.2) is 72.8 Å². The third kappa shape index (κ3) is 9.99. The van der Waals surface area contributed by atoms with Crippen molar-refractivity contribution >= 4 is 42.4 Å². The first-order chi connectivity index (χ1) is 25.2. The molecular weight excluding hydrogens is 712 g/mol. The second-order valence-corrected chi connectivity index (χ2v) is 16.3. The largest absolute Gasteiger partial charge is 0.465 e. The van der Waals surface area contributed by atoms with E-state index in [-0.39, 0.29) is 25.1 Å². The summed E-state index contributed by atoms with van der Waals surface area (Å²) >= 11 is 4.73. The van der Waals surface area contributed by atoms with Gasteiger partial charge in [-0.1, -0.05) is 54.6 Å². The lowest BCUT2D eigenvalue weighted by Gasteiger charge is -2.43. The molecule has 3 aromatic carbocycles. The molecule has 0 saturated carbocycles. The topological polar surface area (TPSA) is 126 Å². The van der Waals surface area contributed by atoms with Gasteiger partial charge in [0, 0.05) is 36.9 Å². The number of hydrogen-bond acceptors (Lipinski definition) is 8. The number of amides is 4. The van der Waals surface area contributed by atoms with Crippen LogP contribution in [0.25, 0.3) is 0 Å². The third-order valence-corrected chi connectivity index (χ3v) is 9.79. The van der Waals surface area contributed by atoms with Crippen molar-refractivity contribution in [2.75, 3.05) is 14.2 Å². The van der Waals surface area contributed by atoms with Crippen LogP contribution >= 0.6 is 12.6 Å². The van der Waals surface area contributed by atoms with Gasteiger partial charge < -0.3 is 24.6 Å². The zero-order valence-electron chi connectivity index (χ0n) is 32.4. The molecule has 1 heterocycles. The Balaban J connectivity index is 1.73. The van der Waals surface area contributed by atoms with Crippen LogP contribution in [0.4, 0.5) is 9.18 Å². The van der Waals surface area contributed by atoms with Gasteiger partial charge in [0.15, 0.2) is 0 Å². The van der Waals surface area contributed by atoms with Gasteiger partial charge in [0.1, 0.15) is 29.5 Å². The number of rotatable bonds is 11. The summed E-state index contributed by atoms with van der Waals surface area (Å²) in [5.74, 6) is -2.61. The molecule has 0 fully saturated rings. The van der Waals surface area contributed by atoms with E-state index in [0.717, 1.165) is 16.0 Å². The standard InChI is InChI=1S/C41H51FN4O7S/c1-25(31-16-12-13-17-32(31)42)45(23-27-18-20-28(21-19-27)38(50)52-9)36(48)33-22-29-14-10-11-15-30(29)24-46(33)37(49)34(41(6,7)54)43-35(47)26(2)44(8)39(51)53-40(3,4)5/h10-21,25-26,33-34,54H,22-24H2,1-9H3,(H,43,47)/t25-,26+,33+,34?/m1/s1. The predicted octanol–water partition coefficient (Wildman–Crippen LogP) is 6.10. The summed E-state index contributed by atoms with van der Waals surface area (Å²) in [7, 11) is 2.72. The number of methoxy groups -OCH3 is 1. The Morgan fingerprint density at radius 2 is 1.52 bits per heavy atom. The molecule has 4 amide bonds. The van der Waals surface area contributed by atoms with Gasteiger partial charge in [-0.3, -0.25) is 19.3 Å². The molecule has 1 aliphatic rings. The average Bonchev–Trinajstić information content (AvgIpc) is 3.12. The Morgan fingerprint density at radius 3 is 2.09 bits per heavy atom. The number of halogens is 1. The SMILES string of the molecule is COC(=O)c1ccc(CN(C(=O)[C@@H]2Cc3ccccc3CN2C(=O)C(NC(=O)[C@H](C)N(C)C(=O)OC(C)(C)C)C(C)(C)S)[C@H](C)c2ccccc2F)cc1. The van der Waals surface area contributed by atoms with Gasteiger partial charge in [-0.15, -0.1) is 0 Å². The van der Waals surface area contributed by atoms with Crippen LogP contribution in [0.3, 0.4) is 0 Å². The number of benzene rings is 3. The summed E-state index contributed by atoms with van der Waals surface area (Å²) in [6, 6.07) is 16.2. The lowest BCUT2D eigenvalue weighted by atomic mass is 9.90. The maximum atomic E-state index is 15.3. The normalized spacial score (nSPS) is 15.9. The lowest BCUT2D eigenvalue weighted by molar-refractivity contribution is -0.151. The van der Waals surface area contributed by atoms with Gasteiger partial charge in [0.2, 0.25) is 17.7 Å².